The van der Waals surface area contributed by atoms with Crippen molar-refractivity contribution >= 4 is 11.6 Å². The zero-order chi connectivity index (χ0) is 15.7. The zero-order valence-electron chi connectivity index (χ0n) is 13.8. The molecule has 0 aromatic heterocycles. The minimum absolute atomic E-state index is 0.0564. The molecule has 0 aromatic carbocycles. The van der Waals surface area contributed by atoms with Crippen LogP contribution in [0.5, 0.6) is 0 Å². The first-order chi connectivity index (χ1) is 10.4. The van der Waals surface area contributed by atoms with E-state index in [1.807, 2.05) is 0 Å². The molecule has 0 saturated heterocycles. The van der Waals surface area contributed by atoms with Gasteiger partial charge in [0.2, 0.25) is 0 Å². The topological polar surface area (TPSA) is 34.1 Å². The second-order valence-electron chi connectivity index (χ2n) is 8.54. The number of hydrogen-bond acceptors (Lipinski definition) is 2. The molecule has 0 aromatic rings. The Balaban J connectivity index is 1.76. The van der Waals surface area contributed by atoms with Gasteiger partial charge in [-0.05, 0) is 66.8 Å². The van der Waals surface area contributed by atoms with Crippen molar-refractivity contribution in [3.05, 3.63) is 23.8 Å². The predicted molar refractivity (Wildman–Crippen MR) is 86.2 cm³/mol. The van der Waals surface area contributed by atoms with E-state index in [1.165, 1.54) is 24.8 Å². The third-order valence-corrected chi connectivity index (χ3v) is 7.74. The molecule has 3 saturated carbocycles. The van der Waals surface area contributed by atoms with Gasteiger partial charge in [-0.25, -0.2) is 0 Å². The highest BCUT2D eigenvalue weighted by molar-refractivity contribution is 6.05. The van der Waals surface area contributed by atoms with Gasteiger partial charge in [-0.15, -0.1) is 0 Å². The van der Waals surface area contributed by atoms with Crippen LogP contribution in [-0.4, -0.2) is 11.6 Å². The lowest BCUT2D eigenvalue weighted by atomic mass is 9.47. The average Bonchev–Trinajstić information content (AvgIpc) is 2.77. The summed E-state index contributed by atoms with van der Waals surface area (Å²) >= 11 is 0. The van der Waals surface area contributed by atoms with E-state index in [9.17, 15) is 9.59 Å². The fourth-order valence-corrected chi connectivity index (χ4v) is 6.29. The molecule has 118 valence electrons. The molecule has 0 unspecified atom stereocenters. The van der Waals surface area contributed by atoms with Gasteiger partial charge >= 0.3 is 0 Å². The lowest BCUT2D eigenvalue weighted by molar-refractivity contribution is -0.129. The van der Waals surface area contributed by atoms with E-state index < -0.39 is 0 Å². The van der Waals surface area contributed by atoms with Crippen LogP contribution < -0.4 is 0 Å². The summed E-state index contributed by atoms with van der Waals surface area (Å²) in [4.78, 5) is 24.6. The van der Waals surface area contributed by atoms with Crippen LogP contribution in [0.2, 0.25) is 0 Å². The van der Waals surface area contributed by atoms with Crippen molar-refractivity contribution in [3.8, 4) is 0 Å². The number of Topliss-reactive ketones (excluding diaryl/α,β-unsaturated/α-hetero) is 1. The summed E-state index contributed by atoms with van der Waals surface area (Å²) in [6.07, 6.45) is 8.57. The van der Waals surface area contributed by atoms with E-state index in [1.54, 1.807) is 6.08 Å². The molecule has 2 nitrogen and oxygen atoms in total. The van der Waals surface area contributed by atoms with Crippen LogP contribution in [0.3, 0.4) is 0 Å². The number of ketones is 2. The predicted octanol–water partition coefficient (Wildman–Crippen LogP) is 4.25. The number of hydrogen-bond donors (Lipinski definition) is 0. The normalized spacial score (nSPS) is 47.6. The van der Waals surface area contributed by atoms with E-state index in [2.05, 4.69) is 20.4 Å². The minimum atomic E-state index is -0.0564. The van der Waals surface area contributed by atoms with Crippen molar-refractivity contribution in [1.29, 1.82) is 0 Å². The smallest absolute Gasteiger partial charge is 0.159 e. The summed E-state index contributed by atoms with van der Waals surface area (Å²) < 4.78 is 0. The first kappa shape index (κ1) is 14.4. The summed E-state index contributed by atoms with van der Waals surface area (Å²) in [6, 6.07) is 0. The summed E-state index contributed by atoms with van der Waals surface area (Å²) in [5, 5.41) is 0. The standard InChI is InChI=1S/C20H26O2/c1-12-4-5-15-14-11-18(22)17-10-13(21)6-8-20(17,3)16(14)7-9-19(12,15)2/h10,14-16H,1,4-9,11H2,2-3H3/t14-,15-,16-,19+,20+/m0/s1. The Kier molecular flexibility index (Phi) is 2.90. The van der Waals surface area contributed by atoms with Crippen molar-refractivity contribution in [2.45, 2.75) is 58.8 Å². The zero-order valence-corrected chi connectivity index (χ0v) is 13.8. The van der Waals surface area contributed by atoms with Crippen LogP contribution in [0, 0.1) is 28.6 Å². The molecule has 0 radical (unpaired) electrons. The first-order valence-corrected chi connectivity index (χ1v) is 8.83. The molecule has 0 heterocycles. The highest BCUT2D eigenvalue weighted by atomic mass is 16.1. The first-order valence-electron chi connectivity index (χ1n) is 8.83. The van der Waals surface area contributed by atoms with Gasteiger partial charge in [0.1, 0.15) is 0 Å². The molecule has 0 spiro atoms. The van der Waals surface area contributed by atoms with Crippen molar-refractivity contribution in [2.75, 3.05) is 0 Å². The van der Waals surface area contributed by atoms with Crippen molar-refractivity contribution in [1.82, 2.24) is 0 Å². The largest absolute Gasteiger partial charge is 0.295 e. The Morgan fingerprint density at radius 3 is 2.55 bits per heavy atom. The lowest BCUT2D eigenvalue weighted by Gasteiger charge is -2.56. The van der Waals surface area contributed by atoms with Crippen LogP contribution in [0.4, 0.5) is 0 Å². The second kappa shape index (κ2) is 4.43. The van der Waals surface area contributed by atoms with Gasteiger partial charge in [0.25, 0.3) is 0 Å². The van der Waals surface area contributed by atoms with Gasteiger partial charge in [-0.2, -0.15) is 0 Å². The molecule has 0 N–H and O–H groups in total. The molecule has 5 atom stereocenters. The lowest BCUT2D eigenvalue weighted by Crippen LogP contribution is -2.52. The Morgan fingerprint density at radius 1 is 1.05 bits per heavy atom. The fraction of sp³-hybridized carbons (Fsp3) is 0.700. The summed E-state index contributed by atoms with van der Waals surface area (Å²) in [5.74, 6) is 2.10. The van der Waals surface area contributed by atoms with Gasteiger partial charge in [0, 0.05) is 18.4 Å². The monoisotopic (exact) mass is 298 g/mol. The molecule has 3 fully saturated rings. The highest BCUT2D eigenvalue weighted by Gasteiger charge is 2.59. The van der Waals surface area contributed by atoms with Crippen LogP contribution in [0.25, 0.3) is 0 Å². The maximum Gasteiger partial charge on any atom is 0.159 e. The number of allylic oxidation sites excluding steroid dienone is 2. The van der Waals surface area contributed by atoms with Gasteiger partial charge in [0.15, 0.2) is 11.6 Å². The molecular formula is C20H26O2. The van der Waals surface area contributed by atoms with Gasteiger partial charge in [-0.1, -0.05) is 26.0 Å². The SMILES string of the molecule is C=C1CC[C@H]2[C@@H]3CC(=O)C4=CC(=O)CC[C@]4(C)[C@H]3CC[C@]12C. The molecule has 4 aliphatic carbocycles. The van der Waals surface area contributed by atoms with Crippen molar-refractivity contribution < 1.29 is 9.59 Å². The quantitative estimate of drug-likeness (QED) is 0.626. The molecule has 0 bridgehead atoms. The number of fused-ring (bicyclic) bond motifs is 5. The molecule has 0 aliphatic heterocycles. The summed E-state index contributed by atoms with van der Waals surface area (Å²) in [7, 11) is 0. The Morgan fingerprint density at radius 2 is 1.77 bits per heavy atom. The highest BCUT2D eigenvalue weighted by Crippen LogP contribution is 2.65. The van der Waals surface area contributed by atoms with Crippen molar-refractivity contribution in [3.63, 3.8) is 0 Å². The Hall–Kier alpha value is -1.18. The van der Waals surface area contributed by atoms with E-state index in [0.717, 1.165) is 18.4 Å². The average molecular weight is 298 g/mol. The molecule has 0 amide bonds. The molecule has 4 rings (SSSR count). The van der Waals surface area contributed by atoms with E-state index in [-0.39, 0.29) is 22.4 Å². The van der Waals surface area contributed by atoms with Crippen molar-refractivity contribution in [2.24, 2.45) is 28.6 Å². The van der Waals surface area contributed by atoms with E-state index in [4.69, 9.17) is 0 Å². The maximum atomic E-state index is 12.8. The van der Waals surface area contributed by atoms with Crippen LogP contribution in [0.15, 0.2) is 23.8 Å². The van der Waals surface area contributed by atoms with Gasteiger partial charge in [0.05, 0.1) is 0 Å². The van der Waals surface area contributed by atoms with Crippen LogP contribution in [-0.2, 0) is 9.59 Å². The van der Waals surface area contributed by atoms with Gasteiger partial charge in [-0.3, -0.25) is 9.59 Å². The molecular weight excluding hydrogens is 272 g/mol. The fourth-order valence-electron chi connectivity index (χ4n) is 6.29. The molecule has 2 heteroatoms. The number of rotatable bonds is 0. The van der Waals surface area contributed by atoms with Crippen LogP contribution >= 0.6 is 0 Å². The van der Waals surface area contributed by atoms with E-state index in [0.29, 0.717) is 30.6 Å². The Bertz CT molecular complexity index is 613. The summed E-state index contributed by atoms with van der Waals surface area (Å²) in [6.45, 7) is 8.97. The number of carbonyl (C=O) groups excluding carboxylic acids is 2. The maximum absolute atomic E-state index is 12.8. The van der Waals surface area contributed by atoms with Crippen LogP contribution in [0.1, 0.15) is 58.8 Å². The molecule has 22 heavy (non-hydrogen) atoms. The Labute approximate surface area is 133 Å². The second-order valence-corrected chi connectivity index (χ2v) is 8.54. The van der Waals surface area contributed by atoms with E-state index >= 15 is 0 Å². The van der Waals surface area contributed by atoms with Gasteiger partial charge < -0.3 is 0 Å². The minimum Gasteiger partial charge on any atom is -0.295 e. The molecule has 4 aliphatic rings. The third kappa shape index (κ3) is 1.67. The number of carbonyl (C=O) groups is 2. The third-order valence-electron chi connectivity index (χ3n) is 7.74. The summed E-state index contributed by atoms with van der Waals surface area (Å²) in [5.41, 5.74) is 2.46.